The first-order valence-corrected chi connectivity index (χ1v) is 10.2. The number of benzene rings is 1. The molecule has 3 nitrogen and oxygen atoms in total. The average Bonchev–Trinajstić information content (AvgIpc) is 2.66. The van der Waals surface area contributed by atoms with Gasteiger partial charge in [0.2, 0.25) is 0 Å². The maximum absolute atomic E-state index is 12.8. The van der Waals surface area contributed by atoms with Gasteiger partial charge in [0.15, 0.2) is 0 Å². The fraction of sp³-hybridized carbons (Fsp3) is 0.714. The molecule has 0 spiro atoms. The number of rotatable bonds is 11. The summed E-state index contributed by atoms with van der Waals surface area (Å²) in [7, 11) is 0. The van der Waals surface area contributed by atoms with E-state index < -0.39 is 18.7 Å². The van der Waals surface area contributed by atoms with E-state index in [1.807, 2.05) is 12.1 Å². The van der Waals surface area contributed by atoms with Gasteiger partial charge >= 0.3 is 12.1 Å². The molecule has 1 unspecified atom stereocenters. The van der Waals surface area contributed by atoms with E-state index in [1.165, 1.54) is 32.1 Å². The Morgan fingerprint density at radius 3 is 2.41 bits per heavy atom. The van der Waals surface area contributed by atoms with Crippen LogP contribution in [0.15, 0.2) is 24.3 Å². The number of hydrogen-bond donors (Lipinski definition) is 1. The van der Waals surface area contributed by atoms with Crippen LogP contribution < -0.4 is 10.1 Å². The second-order valence-corrected chi connectivity index (χ2v) is 7.73. The van der Waals surface area contributed by atoms with E-state index in [1.54, 1.807) is 12.1 Å². The van der Waals surface area contributed by atoms with Crippen molar-refractivity contribution in [2.75, 3.05) is 19.8 Å². The largest absolute Gasteiger partial charge is 0.491 e. The molecular weight excluding hydrogens is 393 g/mol. The SMILES string of the molecule is CC(CC1CCCCC1)NCc1ccccc1OCCOCC(F)(F)C(F)(F)F. The van der Waals surface area contributed by atoms with E-state index in [0.29, 0.717) is 18.3 Å². The van der Waals surface area contributed by atoms with E-state index in [9.17, 15) is 22.0 Å². The first-order chi connectivity index (χ1) is 13.7. The molecule has 8 heteroatoms. The van der Waals surface area contributed by atoms with Gasteiger partial charge < -0.3 is 14.8 Å². The minimum Gasteiger partial charge on any atom is -0.491 e. The molecule has 1 N–H and O–H groups in total. The van der Waals surface area contributed by atoms with E-state index in [0.717, 1.165) is 17.9 Å². The molecular formula is C21H30F5NO2. The number of para-hydroxylation sites is 1. The van der Waals surface area contributed by atoms with Gasteiger partial charge in [-0.1, -0.05) is 50.3 Å². The summed E-state index contributed by atoms with van der Waals surface area (Å²) in [6, 6.07) is 7.65. The van der Waals surface area contributed by atoms with Gasteiger partial charge in [-0.3, -0.25) is 0 Å². The highest BCUT2D eigenvalue weighted by Crippen LogP contribution is 2.35. The number of ether oxygens (including phenoxy) is 2. The summed E-state index contributed by atoms with van der Waals surface area (Å²) in [5.74, 6) is -3.52. The van der Waals surface area contributed by atoms with Crippen LogP contribution in [-0.4, -0.2) is 38.0 Å². The van der Waals surface area contributed by atoms with Gasteiger partial charge in [-0.25, -0.2) is 0 Å². The van der Waals surface area contributed by atoms with Crippen molar-refractivity contribution < 1.29 is 31.4 Å². The average molecular weight is 423 g/mol. The predicted molar refractivity (Wildman–Crippen MR) is 101 cm³/mol. The van der Waals surface area contributed by atoms with Crippen molar-refractivity contribution in [3.05, 3.63) is 29.8 Å². The third kappa shape index (κ3) is 8.09. The minimum absolute atomic E-state index is 0.109. The van der Waals surface area contributed by atoms with Crippen molar-refractivity contribution in [1.29, 1.82) is 0 Å². The number of hydrogen-bond acceptors (Lipinski definition) is 3. The Morgan fingerprint density at radius 1 is 1.03 bits per heavy atom. The topological polar surface area (TPSA) is 30.5 Å². The molecule has 1 saturated carbocycles. The molecule has 1 aromatic carbocycles. The van der Waals surface area contributed by atoms with Crippen molar-refractivity contribution in [3.8, 4) is 5.75 Å². The van der Waals surface area contributed by atoms with Crippen molar-refractivity contribution in [2.24, 2.45) is 5.92 Å². The summed E-state index contributed by atoms with van der Waals surface area (Å²) < 4.78 is 71.8. The molecule has 0 heterocycles. The highest BCUT2D eigenvalue weighted by Gasteiger charge is 2.57. The predicted octanol–water partition coefficient (Wildman–Crippen LogP) is 5.73. The van der Waals surface area contributed by atoms with Gasteiger partial charge in [0.25, 0.3) is 0 Å². The van der Waals surface area contributed by atoms with Crippen LogP contribution >= 0.6 is 0 Å². The molecule has 166 valence electrons. The van der Waals surface area contributed by atoms with Crippen LogP contribution in [-0.2, 0) is 11.3 Å². The summed E-state index contributed by atoms with van der Waals surface area (Å²) in [6.45, 7) is 0.583. The molecule has 0 aliphatic heterocycles. The maximum Gasteiger partial charge on any atom is 0.455 e. The second kappa shape index (κ2) is 11.1. The van der Waals surface area contributed by atoms with Crippen molar-refractivity contribution in [3.63, 3.8) is 0 Å². The van der Waals surface area contributed by atoms with Gasteiger partial charge in [0.1, 0.15) is 19.0 Å². The summed E-state index contributed by atoms with van der Waals surface area (Å²) in [6.07, 6.45) is 2.06. The lowest BCUT2D eigenvalue weighted by Gasteiger charge is -2.25. The summed E-state index contributed by atoms with van der Waals surface area (Å²) in [5, 5.41) is 3.49. The molecule has 1 aliphatic carbocycles. The zero-order valence-electron chi connectivity index (χ0n) is 16.7. The minimum atomic E-state index is -5.61. The number of alkyl halides is 5. The van der Waals surface area contributed by atoms with Crippen LogP contribution in [0.4, 0.5) is 22.0 Å². The fourth-order valence-corrected chi connectivity index (χ4v) is 3.57. The number of halogens is 5. The molecule has 0 radical (unpaired) electrons. The Balaban J connectivity index is 1.72. The zero-order valence-corrected chi connectivity index (χ0v) is 16.7. The molecule has 1 atom stereocenters. The zero-order chi connectivity index (χ0) is 21.3. The first kappa shape index (κ1) is 23.9. The van der Waals surface area contributed by atoms with E-state index in [-0.39, 0.29) is 13.2 Å². The highest BCUT2D eigenvalue weighted by molar-refractivity contribution is 5.33. The van der Waals surface area contributed by atoms with E-state index in [4.69, 9.17) is 4.74 Å². The van der Waals surface area contributed by atoms with Crippen LogP contribution in [0.3, 0.4) is 0 Å². The molecule has 0 saturated heterocycles. The lowest BCUT2D eigenvalue weighted by atomic mass is 9.85. The van der Waals surface area contributed by atoms with Gasteiger partial charge in [0.05, 0.1) is 6.61 Å². The first-order valence-electron chi connectivity index (χ1n) is 10.2. The standard InChI is InChI=1S/C21H30F5NO2/c1-16(13-17-7-3-2-4-8-17)27-14-18-9-5-6-10-19(18)29-12-11-28-15-20(22,23)21(24,25)26/h5-6,9-10,16-17,27H,2-4,7-8,11-15H2,1H3. The van der Waals surface area contributed by atoms with Crippen molar-refractivity contribution in [1.82, 2.24) is 5.32 Å². The Kier molecular flexibility index (Phi) is 9.14. The second-order valence-electron chi connectivity index (χ2n) is 7.73. The summed E-state index contributed by atoms with van der Waals surface area (Å²) >= 11 is 0. The van der Waals surface area contributed by atoms with Gasteiger partial charge in [-0.05, 0) is 25.3 Å². The Labute approximate surface area is 169 Å². The Hall–Kier alpha value is -1.41. The van der Waals surface area contributed by atoms with Crippen LogP contribution in [0.5, 0.6) is 5.75 Å². The summed E-state index contributed by atoms with van der Waals surface area (Å²) in [5.41, 5.74) is 0.906. The van der Waals surface area contributed by atoms with Crippen LogP contribution in [0.2, 0.25) is 0 Å². The highest BCUT2D eigenvalue weighted by atomic mass is 19.4. The Bertz CT molecular complexity index is 603. The molecule has 0 amide bonds. The van der Waals surface area contributed by atoms with Gasteiger partial charge in [-0.15, -0.1) is 0 Å². The number of nitrogens with one attached hydrogen (secondary N) is 1. The van der Waals surface area contributed by atoms with Gasteiger partial charge in [-0.2, -0.15) is 22.0 Å². The van der Waals surface area contributed by atoms with Gasteiger partial charge in [0, 0.05) is 18.2 Å². The van der Waals surface area contributed by atoms with E-state index in [2.05, 4.69) is 17.0 Å². The van der Waals surface area contributed by atoms with Crippen LogP contribution in [0, 0.1) is 5.92 Å². The van der Waals surface area contributed by atoms with Crippen LogP contribution in [0.1, 0.15) is 51.0 Å². The normalized spacial score (nSPS) is 17.3. The van der Waals surface area contributed by atoms with Crippen molar-refractivity contribution >= 4 is 0 Å². The molecule has 1 aliphatic rings. The monoisotopic (exact) mass is 423 g/mol. The summed E-state index contributed by atoms with van der Waals surface area (Å²) in [4.78, 5) is 0. The smallest absolute Gasteiger partial charge is 0.455 e. The Morgan fingerprint density at radius 2 is 1.72 bits per heavy atom. The fourth-order valence-electron chi connectivity index (χ4n) is 3.57. The van der Waals surface area contributed by atoms with Crippen LogP contribution in [0.25, 0.3) is 0 Å². The molecule has 29 heavy (non-hydrogen) atoms. The molecule has 1 fully saturated rings. The quantitative estimate of drug-likeness (QED) is 0.364. The molecule has 0 bridgehead atoms. The lowest BCUT2D eigenvalue weighted by Crippen LogP contribution is -2.41. The molecule has 2 rings (SSSR count). The molecule has 0 aromatic heterocycles. The van der Waals surface area contributed by atoms with E-state index >= 15 is 0 Å². The molecule has 1 aromatic rings. The van der Waals surface area contributed by atoms with Crippen molar-refractivity contribution in [2.45, 2.75) is 70.1 Å². The third-order valence-electron chi connectivity index (χ3n) is 5.21. The third-order valence-corrected chi connectivity index (χ3v) is 5.21. The maximum atomic E-state index is 12.8. The lowest BCUT2D eigenvalue weighted by molar-refractivity contribution is -0.296.